The summed E-state index contributed by atoms with van der Waals surface area (Å²) in [6.07, 6.45) is 6.52. The van der Waals surface area contributed by atoms with Gasteiger partial charge in [-0.15, -0.1) is 0 Å². The molecule has 1 N–H and O–H groups in total. The number of rotatable bonds is 7. The maximum Gasteiger partial charge on any atom is 0.203 e. The normalized spacial score (nSPS) is 15.7. The highest BCUT2D eigenvalue weighted by molar-refractivity contribution is 5.80. The Kier molecular flexibility index (Phi) is 5.44. The number of nitrogens with zero attached hydrogens (tertiary/aromatic N) is 3. The molecule has 4 heteroatoms. The second-order valence-corrected chi connectivity index (χ2v) is 7.42. The quantitative estimate of drug-likeness (QED) is 0.765. The fraction of sp³-hybridized carbons (Fsp3) is 0.650. The molecule has 24 heavy (non-hydrogen) atoms. The molecule has 3 rings (SSSR count). The van der Waals surface area contributed by atoms with Gasteiger partial charge in [0.15, 0.2) is 0 Å². The standard InChI is InChI=1S/C20H32N4/c1-15(2)24-19-13-16(3)17(14-18(19)22-20(24)21-4)9-5-6-10-23-11-7-8-12-23/h13-15H,5-12H2,1-4H3,(H,21,22). The molecule has 1 aliphatic heterocycles. The van der Waals surface area contributed by atoms with Crippen molar-refractivity contribution in [1.82, 2.24) is 14.5 Å². The van der Waals surface area contributed by atoms with Gasteiger partial charge in [0.2, 0.25) is 5.95 Å². The van der Waals surface area contributed by atoms with Gasteiger partial charge in [0.05, 0.1) is 11.0 Å². The first-order valence-corrected chi connectivity index (χ1v) is 9.51. The van der Waals surface area contributed by atoms with Crippen molar-refractivity contribution in [3.63, 3.8) is 0 Å². The van der Waals surface area contributed by atoms with Gasteiger partial charge in [0, 0.05) is 13.1 Å². The molecule has 2 heterocycles. The topological polar surface area (TPSA) is 33.1 Å². The highest BCUT2D eigenvalue weighted by Gasteiger charge is 2.14. The first-order valence-electron chi connectivity index (χ1n) is 9.51. The van der Waals surface area contributed by atoms with Gasteiger partial charge in [0.25, 0.3) is 0 Å². The molecule has 4 nitrogen and oxygen atoms in total. The lowest BCUT2D eigenvalue weighted by Gasteiger charge is -2.15. The summed E-state index contributed by atoms with van der Waals surface area (Å²) < 4.78 is 2.29. The van der Waals surface area contributed by atoms with Crippen molar-refractivity contribution in [2.24, 2.45) is 0 Å². The molecule has 0 unspecified atom stereocenters. The molecular formula is C20H32N4. The van der Waals surface area contributed by atoms with Crippen LogP contribution in [0.25, 0.3) is 11.0 Å². The summed E-state index contributed by atoms with van der Waals surface area (Å²) >= 11 is 0. The van der Waals surface area contributed by atoms with Crippen LogP contribution in [0.1, 0.15) is 56.7 Å². The van der Waals surface area contributed by atoms with E-state index in [9.17, 15) is 0 Å². The van der Waals surface area contributed by atoms with E-state index in [1.165, 1.54) is 68.4 Å². The van der Waals surface area contributed by atoms with Crippen LogP contribution < -0.4 is 5.32 Å². The van der Waals surface area contributed by atoms with Crippen molar-refractivity contribution in [1.29, 1.82) is 0 Å². The van der Waals surface area contributed by atoms with Crippen molar-refractivity contribution in [3.05, 3.63) is 23.3 Å². The third-order valence-electron chi connectivity index (χ3n) is 5.26. The van der Waals surface area contributed by atoms with Crippen LogP contribution in [0, 0.1) is 6.92 Å². The average molecular weight is 329 g/mol. The molecule has 0 bridgehead atoms. The number of nitrogens with one attached hydrogen (secondary N) is 1. The van der Waals surface area contributed by atoms with Gasteiger partial charge in [-0.3, -0.25) is 0 Å². The number of hydrogen-bond donors (Lipinski definition) is 1. The Morgan fingerprint density at radius 3 is 2.58 bits per heavy atom. The van der Waals surface area contributed by atoms with Crippen LogP contribution in [-0.2, 0) is 6.42 Å². The van der Waals surface area contributed by atoms with E-state index in [-0.39, 0.29) is 0 Å². The van der Waals surface area contributed by atoms with Crippen molar-refractivity contribution in [3.8, 4) is 0 Å². The zero-order valence-corrected chi connectivity index (χ0v) is 15.7. The van der Waals surface area contributed by atoms with Crippen LogP contribution >= 0.6 is 0 Å². The Hall–Kier alpha value is -1.55. The van der Waals surface area contributed by atoms with Gasteiger partial charge in [-0.05, 0) is 95.8 Å². The molecule has 2 aromatic rings. The first kappa shape index (κ1) is 17.3. The number of hydrogen-bond acceptors (Lipinski definition) is 3. The van der Waals surface area contributed by atoms with Crippen LogP contribution in [0.4, 0.5) is 5.95 Å². The van der Waals surface area contributed by atoms with Gasteiger partial charge in [-0.25, -0.2) is 4.98 Å². The van der Waals surface area contributed by atoms with Crippen LogP contribution in [0.3, 0.4) is 0 Å². The first-order chi connectivity index (χ1) is 11.6. The number of unbranched alkanes of at least 4 members (excludes halogenated alkanes) is 1. The smallest absolute Gasteiger partial charge is 0.203 e. The molecule has 1 aromatic carbocycles. The largest absolute Gasteiger partial charge is 0.359 e. The van der Waals surface area contributed by atoms with Crippen molar-refractivity contribution in [2.75, 3.05) is 32.0 Å². The van der Waals surface area contributed by atoms with E-state index in [0.717, 1.165) is 11.5 Å². The number of imidazole rings is 1. The van der Waals surface area contributed by atoms with Gasteiger partial charge in [0.1, 0.15) is 0 Å². The summed E-state index contributed by atoms with van der Waals surface area (Å²) in [5.41, 5.74) is 5.22. The minimum absolute atomic E-state index is 0.406. The number of aryl methyl sites for hydroxylation is 2. The van der Waals surface area contributed by atoms with Crippen molar-refractivity contribution >= 4 is 17.0 Å². The maximum absolute atomic E-state index is 4.79. The summed E-state index contributed by atoms with van der Waals surface area (Å²) in [4.78, 5) is 7.40. The van der Waals surface area contributed by atoms with Gasteiger partial charge < -0.3 is 14.8 Å². The molecule has 0 amide bonds. The number of aromatic nitrogens is 2. The second kappa shape index (κ2) is 7.56. The zero-order chi connectivity index (χ0) is 17.1. The average Bonchev–Trinajstić information content (AvgIpc) is 3.18. The predicted molar refractivity (Wildman–Crippen MR) is 103 cm³/mol. The zero-order valence-electron chi connectivity index (χ0n) is 15.7. The van der Waals surface area contributed by atoms with Gasteiger partial charge in [-0.2, -0.15) is 0 Å². The molecule has 0 aliphatic carbocycles. The number of likely N-dealkylation sites (tertiary alicyclic amines) is 1. The van der Waals surface area contributed by atoms with E-state index in [0.29, 0.717) is 6.04 Å². The van der Waals surface area contributed by atoms with E-state index >= 15 is 0 Å². The molecule has 1 saturated heterocycles. The predicted octanol–water partition coefficient (Wildman–Crippen LogP) is 4.39. The molecule has 0 spiro atoms. The summed E-state index contributed by atoms with van der Waals surface area (Å²) in [6.45, 7) is 10.6. The van der Waals surface area contributed by atoms with Gasteiger partial charge in [-0.1, -0.05) is 0 Å². The molecule has 0 radical (unpaired) electrons. The van der Waals surface area contributed by atoms with Crippen LogP contribution in [0.15, 0.2) is 12.1 Å². The van der Waals surface area contributed by atoms with E-state index in [1.807, 2.05) is 7.05 Å². The fourth-order valence-electron chi connectivity index (χ4n) is 3.91. The van der Waals surface area contributed by atoms with Crippen LogP contribution in [-0.4, -0.2) is 41.1 Å². The Labute approximate surface area is 146 Å². The lowest BCUT2D eigenvalue weighted by molar-refractivity contribution is 0.330. The molecule has 132 valence electrons. The molecule has 0 saturated carbocycles. The minimum atomic E-state index is 0.406. The number of anilines is 1. The van der Waals surface area contributed by atoms with Gasteiger partial charge >= 0.3 is 0 Å². The third-order valence-corrected chi connectivity index (χ3v) is 5.26. The number of benzene rings is 1. The summed E-state index contributed by atoms with van der Waals surface area (Å²) in [6, 6.07) is 5.03. The SMILES string of the molecule is CNc1nc2cc(CCCCN3CCCC3)c(C)cc2n1C(C)C. The Balaban J connectivity index is 1.70. The summed E-state index contributed by atoms with van der Waals surface area (Å²) in [7, 11) is 1.95. The van der Waals surface area contributed by atoms with Crippen LogP contribution in [0.2, 0.25) is 0 Å². The second-order valence-electron chi connectivity index (χ2n) is 7.42. The van der Waals surface area contributed by atoms with E-state index in [2.05, 4.69) is 47.7 Å². The fourth-order valence-corrected chi connectivity index (χ4v) is 3.91. The van der Waals surface area contributed by atoms with E-state index in [1.54, 1.807) is 0 Å². The molecular weight excluding hydrogens is 296 g/mol. The monoisotopic (exact) mass is 328 g/mol. The Morgan fingerprint density at radius 1 is 1.17 bits per heavy atom. The summed E-state index contributed by atoms with van der Waals surface area (Å²) in [5, 5.41) is 3.24. The third kappa shape index (κ3) is 3.59. The maximum atomic E-state index is 4.79. The number of fused-ring (bicyclic) bond motifs is 1. The van der Waals surface area contributed by atoms with E-state index < -0.39 is 0 Å². The lowest BCUT2D eigenvalue weighted by atomic mass is 10.0. The molecule has 1 fully saturated rings. The lowest BCUT2D eigenvalue weighted by Crippen LogP contribution is -2.20. The summed E-state index contributed by atoms with van der Waals surface area (Å²) in [5.74, 6) is 0.964. The van der Waals surface area contributed by atoms with Crippen LogP contribution in [0.5, 0.6) is 0 Å². The molecule has 1 aromatic heterocycles. The van der Waals surface area contributed by atoms with Crippen molar-refractivity contribution < 1.29 is 0 Å². The molecule has 1 aliphatic rings. The highest BCUT2D eigenvalue weighted by atomic mass is 15.2. The van der Waals surface area contributed by atoms with Crippen molar-refractivity contribution in [2.45, 2.75) is 58.9 Å². The Bertz CT molecular complexity index is 680. The highest BCUT2D eigenvalue weighted by Crippen LogP contribution is 2.27. The van der Waals surface area contributed by atoms with E-state index in [4.69, 9.17) is 4.98 Å². The minimum Gasteiger partial charge on any atom is -0.359 e. The molecule has 0 atom stereocenters. The Morgan fingerprint density at radius 2 is 1.92 bits per heavy atom.